The maximum absolute atomic E-state index is 14.0. The maximum atomic E-state index is 14.0. The van der Waals surface area contributed by atoms with Crippen molar-refractivity contribution in [1.29, 1.82) is 0 Å². The lowest BCUT2D eigenvalue weighted by atomic mass is 9.99. The van der Waals surface area contributed by atoms with Crippen LogP contribution in [0.2, 0.25) is 0 Å². The molecule has 2 nitrogen and oxygen atoms in total. The predicted molar refractivity (Wildman–Crippen MR) is 62.5 cm³/mol. The number of hydrogen-bond donors (Lipinski definition) is 1. The van der Waals surface area contributed by atoms with Gasteiger partial charge in [0, 0.05) is 18.0 Å². The van der Waals surface area contributed by atoms with E-state index in [-0.39, 0.29) is 23.8 Å². The molecule has 18 heavy (non-hydrogen) atoms. The summed E-state index contributed by atoms with van der Waals surface area (Å²) in [5, 5.41) is 3.02. The summed E-state index contributed by atoms with van der Waals surface area (Å²) in [7, 11) is 1.30. The third-order valence-corrected chi connectivity index (χ3v) is 3.24. The Morgan fingerprint density at radius 1 is 1.44 bits per heavy atom. The molecule has 0 saturated carbocycles. The molecule has 0 radical (unpaired) electrons. The minimum atomic E-state index is -3.02. The van der Waals surface area contributed by atoms with Gasteiger partial charge in [0.15, 0.2) is 11.6 Å². The van der Waals surface area contributed by atoms with Crippen LogP contribution in [0.15, 0.2) is 18.2 Å². The Morgan fingerprint density at radius 3 is 2.78 bits per heavy atom. The fraction of sp³-hybridized carbons (Fsp3) is 0.538. The molecule has 0 aromatic heterocycles. The largest absolute Gasteiger partial charge is 0.494 e. The summed E-state index contributed by atoms with van der Waals surface area (Å²) in [6.07, 6.45) is 1.37. The molecule has 0 aliphatic carbocycles. The van der Waals surface area contributed by atoms with E-state index in [0.29, 0.717) is 0 Å². The maximum Gasteiger partial charge on any atom is 0.274 e. The van der Waals surface area contributed by atoms with Crippen molar-refractivity contribution in [1.82, 2.24) is 5.32 Å². The molecule has 1 fully saturated rings. The summed E-state index contributed by atoms with van der Waals surface area (Å²) in [6, 6.07) is 3.12. The Kier molecular flexibility index (Phi) is 3.80. The molecule has 1 aromatic rings. The number of hydrogen-bond acceptors (Lipinski definition) is 2. The van der Waals surface area contributed by atoms with Gasteiger partial charge in [-0.2, -0.15) is 0 Å². The first-order chi connectivity index (χ1) is 8.53. The number of halogens is 3. The smallest absolute Gasteiger partial charge is 0.274 e. The number of ether oxygens (including phenoxy) is 1. The van der Waals surface area contributed by atoms with Crippen LogP contribution >= 0.6 is 0 Å². The van der Waals surface area contributed by atoms with Crippen LogP contribution in [0.5, 0.6) is 5.75 Å². The molecule has 1 aromatic carbocycles. The third kappa shape index (κ3) is 2.77. The number of rotatable bonds is 4. The van der Waals surface area contributed by atoms with Gasteiger partial charge >= 0.3 is 0 Å². The lowest BCUT2D eigenvalue weighted by Gasteiger charge is -2.21. The molecule has 1 aliphatic heterocycles. The molecule has 1 atom stereocenters. The van der Waals surface area contributed by atoms with E-state index in [2.05, 4.69) is 5.32 Å². The van der Waals surface area contributed by atoms with Gasteiger partial charge in [-0.3, -0.25) is 0 Å². The van der Waals surface area contributed by atoms with Gasteiger partial charge in [-0.25, -0.2) is 13.2 Å². The number of methoxy groups -OCH3 is 1. The summed E-state index contributed by atoms with van der Waals surface area (Å²) in [5.74, 6) is -3.79. The Hall–Kier alpha value is -1.23. The van der Waals surface area contributed by atoms with Gasteiger partial charge in [-0.15, -0.1) is 0 Å². The second-order valence-electron chi connectivity index (χ2n) is 4.55. The van der Waals surface area contributed by atoms with Crippen molar-refractivity contribution in [3.63, 3.8) is 0 Å². The molecular formula is C13H16F3NO. The first kappa shape index (κ1) is 13.2. The lowest BCUT2D eigenvalue weighted by molar-refractivity contribution is -0.0216. The first-order valence-corrected chi connectivity index (χ1v) is 5.98. The van der Waals surface area contributed by atoms with E-state index in [4.69, 9.17) is 4.74 Å². The van der Waals surface area contributed by atoms with Crippen molar-refractivity contribution in [2.75, 3.05) is 13.7 Å². The molecule has 1 heterocycles. The average Bonchev–Trinajstić information content (AvgIpc) is 2.81. The quantitative estimate of drug-likeness (QED) is 0.897. The third-order valence-electron chi connectivity index (χ3n) is 3.24. The van der Waals surface area contributed by atoms with E-state index in [1.165, 1.54) is 19.2 Å². The predicted octanol–water partition coefficient (Wildman–Crippen LogP) is 3.07. The zero-order valence-electron chi connectivity index (χ0n) is 10.2. The van der Waals surface area contributed by atoms with E-state index >= 15 is 0 Å². The molecule has 0 spiro atoms. The number of alkyl halides is 2. The van der Waals surface area contributed by atoms with Gasteiger partial charge in [0.25, 0.3) is 5.92 Å². The molecule has 0 amide bonds. The summed E-state index contributed by atoms with van der Waals surface area (Å²) >= 11 is 0. The van der Waals surface area contributed by atoms with Crippen LogP contribution in [0.4, 0.5) is 13.2 Å². The molecule has 1 saturated heterocycles. The van der Waals surface area contributed by atoms with Crippen molar-refractivity contribution in [3.05, 3.63) is 29.6 Å². The van der Waals surface area contributed by atoms with Crippen molar-refractivity contribution in [2.24, 2.45) is 0 Å². The molecular weight excluding hydrogens is 243 g/mol. The highest BCUT2D eigenvalue weighted by Gasteiger charge is 2.36. The fourth-order valence-electron chi connectivity index (χ4n) is 2.25. The summed E-state index contributed by atoms with van der Waals surface area (Å²) in [5.41, 5.74) is -0.297. The van der Waals surface area contributed by atoms with E-state index in [1.807, 2.05) is 0 Å². The van der Waals surface area contributed by atoms with Crippen LogP contribution < -0.4 is 10.1 Å². The highest BCUT2D eigenvalue weighted by Crippen LogP contribution is 2.36. The molecule has 1 unspecified atom stereocenters. The topological polar surface area (TPSA) is 21.3 Å². The number of nitrogens with one attached hydrogen (secondary N) is 1. The van der Waals surface area contributed by atoms with Crippen LogP contribution in [0, 0.1) is 5.82 Å². The SMILES string of the molecule is COc1ccc(C(F)(F)CC2CCCN2)cc1F. The standard InChI is InChI=1S/C13H16F3NO/c1-18-12-5-4-9(7-11(12)14)13(15,16)8-10-3-2-6-17-10/h4-5,7,10,17H,2-3,6,8H2,1H3. The molecule has 2 rings (SSSR count). The zero-order valence-corrected chi connectivity index (χ0v) is 10.2. The van der Waals surface area contributed by atoms with Crippen molar-refractivity contribution < 1.29 is 17.9 Å². The lowest BCUT2D eigenvalue weighted by Crippen LogP contribution is -2.29. The molecule has 0 bridgehead atoms. The Morgan fingerprint density at radius 2 is 2.22 bits per heavy atom. The summed E-state index contributed by atoms with van der Waals surface area (Å²) < 4.78 is 46.1. The summed E-state index contributed by atoms with van der Waals surface area (Å²) in [4.78, 5) is 0. The molecule has 1 aliphatic rings. The second-order valence-corrected chi connectivity index (χ2v) is 4.55. The van der Waals surface area contributed by atoms with E-state index < -0.39 is 11.7 Å². The Balaban J connectivity index is 2.15. The van der Waals surface area contributed by atoms with Gasteiger partial charge in [0.2, 0.25) is 0 Å². The van der Waals surface area contributed by atoms with Gasteiger partial charge in [-0.1, -0.05) is 0 Å². The van der Waals surface area contributed by atoms with Gasteiger partial charge in [0.05, 0.1) is 7.11 Å². The van der Waals surface area contributed by atoms with Crippen molar-refractivity contribution in [3.8, 4) is 5.75 Å². The molecule has 100 valence electrons. The fourth-order valence-corrected chi connectivity index (χ4v) is 2.25. The minimum Gasteiger partial charge on any atom is -0.494 e. The Bertz CT molecular complexity index is 417. The van der Waals surface area contributed by atoms with Gasteiger partial charge in [-0.05, 0) is 37.6 Å². The number of benzene rings is 1. The van der Waals surface area contributed by atoms with Gasteiger partial charge < -0.3 is 10.1 Å². The second kappa shape index (κ2) is 5.18. The van der Waals surface area contributed by atoms with Crippen LogP contribution in [-0.2, 0) is 5.92 Å². The highest BCUT2D eigenvalue weighted by atomic mass is 19.3. The monoisotopic (exact) mass is 259 g/mol. The van der Waals surface area contributed by atoms with Crippen LogP contribution in [0.3, 0.4) is 0 Å². The highest BCUT2D eigenvalue weighted by molar-refractivity contribution is 5.31. The molecule has 5 heteroatoms. The normalized spacial score (nSPS) is 20.1. The zero-order chi connectivity index (χ0) is 13.2. The summed E-state index contributed by atoms with van der Waals surface area (Å²) in [6.45, 7) is 0.776. The van der Waals surface area contributed by atoms with Crippen molar-refractivity contribution in [2.45, 2.75) is 31.2 Å². The van der Waals surface area contributed by atoms with Gasteiger partial charge in [0.1, 0.15) is 0 Å². The minimum absolute atomic E-state index is 0.0199. The molecule has 1 N–H and O–H groups in total. The van der Waals surface area contributed by atoms with Crippen molar-refractivity contribution >= 4 is 0 Å². The van der Waals surface area contributed by atoms with Crippen LogP contribution in [0.25, 0.3) is 0 Å². The van der Waals surface area contributed by atoms with Crippen LogP contribution in [-0.4, -0.2) is 19.7 Å². The Labute approximate surface area is 104 Å². The van der Waals surface area contributed by atoms with E-state index in [1.54, 1.807) is 0 Å². The van der Waals surface area contributed by atoms with E-state index in [0.717, 1.165) is 25.5 Å². The van der Waals surface area contributed by atoms with Crippen LogP contribution in [0.1, 0.15) is 24.8 Å². The first-order valence-electron chi connectivity index (χ1n) is 5.98. The van der Waals surface area contributed by atoms with E-state index in [9.17, 15) is 13.2 Å². The average molecular weight is 259 g/mol.